The third-order valence-corrected chi connectivity index (χ3v) is 7.63. The van der Waals surface area contributed by atoms with E-state index >= 15 is 0 Å². The number of fused-ring (bicyclic) bond motifs is 1. The van der Waals surface area contributed by atoms with Gasteiger partial charge in [-0.1, -0.05) is 13.0 Å². The molecule has 2 heterocycles. The number of hydrogen-bond donors (Lipinski definition) is 0. The topological polar surface area (TPSA) is 72.9 Å². The molecular weight excluding hydrogens is 374 g/mol. The van der Waals surface area contributed by atoms with Gasteiger partial charge in [-0.05, 0) is 37.5 Å². The molecule has 0 aromatic heterocycles. The summed E-state index contributed by atoms with van der Waals surface area (Å²) in [4.78, 5) is 14.6. The van der Waals surface area contributed by atoms with E-state index in [9.17, 15) is 13.2 Å². The lowest BCUT2D eigenvalue weighted by Gasteiger charge is -2.33. The van der Waals surface area contributed by atoms with Gasteiger partial charge in [-0.15, -0.1) is 11.8 Å². The summed E-state index contributed by atoms with van der Waals surface area (Å²) >= 11 is 1.54. The van der Waals surface area contributed by atoms with Gasteiger partial charge in [-0.3, -0.25) is 4.79 Å². The van der Waals surface area contributed by atoms with Crippen molar-refractivity contribution in [1.82, 2.24) is 4.90 Å². The number of hydrogen-bond acceptors (Lipinski definition) is 6. The van der Waals surface area contributed by atoms with Gasteiger partial charge in [0.1, 0.15) is 0 Å². The summed E-state index contributed by atoms with van der Waals surface area (Å²) in [6, 6.07) is 5.66. The lowest BCUT2D eigenvalue weighted by atomic mass is 10.1. The van der Waals surface area contributed by atoms with Crippen LogP contribution >= 0.6 is 11.8 Å². The van der Waals surface area contributed by atoms with Gasteiger partial charge in [-0.2, -0.15) is 0 Å². The molecule has 0 saturated carbocycles. The van der Waals surface area contributed by atoms with Gasteiger partial charge in [0.25, 0.3) is 0 Å². The molecule has 1 fully saturated rings. The molecule has 3 rings (SSSR count). The van der Waals surface area contributed by atoms with Crippen molar-refractivity contribution in [3.05, 3.63) is 23.8 Å². The van der Waals surface area contributed by atoms with Crippen LogP contribution in [0.1, 0.15) is 32.3 Å². The molecule has 0 bridgehead atoms. The van der Waals surface area contributed by atoms with E-state index in [-0.39, 0.29) is 36.3 Å². The highest BCUT2D eigenvalue weighted by Gasteiger charge is 2.36. The number of carbonyl (C=O) groups is 1. The lowest BCUT2D eigenvalue weighted by Crippen LogP contribution is -2.47. The maximum Gasteiger partial charge on any atom is 0.233 e. The second-order valence-electron chi connectivity index (χ2n) is 6.80. The molecule has 2 atom stereocenters. The van der Waals surface area contributed by atoms with Crippen molar-refractivity contribution >= 4 is 27.5 Å². The quantitative estimate of drug-likeness (QED) is 0.701. The van der Waals surface area contributed by atoms with Crippen LogP contribution in [0.25, 0.3) is 0 Å². The van der Waals surface area contributed by atoms with Crippen LogP contribution in [0.2, 0.25) is 0 Å². The number of ether oxygens (including phenoxy) is 2. The fourth-order valence-electron chi connectivity index (χ4n) is 3.36. The van der Waals surface area contributed by atoms with Crippen LogP contribution in [0, 0.1) is 0 Å². The number of nitrogens with zero attached hydrogens (tertiary/aromatic N) is 1. The molecular formula is C18H25NO5S2. The Labute approximate surface area is 159 Å². The van der Waals surface area contributed by atoms with Gasteiger partial charge < -0.3 is 14.4 Å². The van der Waals surface area contributed by atoms with Crippen LogP contribution in [0.15, 0.2) is 18.2 Å². The molecule has 144 valence electrons. The predicted molar refractivity (Wildman–Crippen MR) is 102 cm³/mol. The highest BCUT2D eigenvalue weighted by molar-refractivity contribution is 7.99. The molecule has 0 spiro atoms. The summed E-state index contributed by atoms with van der Waals surface area (Å²) in [5.41, 5.74) is 1.07. The molecule has 2 aliphatic rings. The van der Waals surface area contributed by atoms with E-state index in [1.807, 2.05) is 32.0 Å². The highest BCUT2D eigenvalue weighted by atomic mass is 32.2. The van der Waals surface area contributed by atoms with E-state index < -0.39 is 9.84 Å². The summed E-state index contributed by atoms with van der Waals surface area (Å²) in [5.74, 6) is 2.83. The summed E-state index contributed by atoms with van der Waals surface area (Å²) in [7, 11) is -3.01. The maximum atomic E-state index is 12.8. The molecule has 1 aromatic carbocycles. The van der Waals surface area contributed by atoms with E-state index in [1.165, 1.54) is 11.8 Å². The molecule has 0 aliphatic carbocycles. The van der Waals surface area contributed by atoms with Gasteiger partial charge in [0.05, 0.1) is 17.3 Å². The Morgan fingerprint density at radius 2 is 2.12 bits per heavy atom. The van der Waals surface area contributed by atoms with Crippen LogP contribution in [-0.4, -0.2) is 55.4 Å². The number of rotatable bonds is 7. The first-order valence-electron chi connectivity index (χ1n) is 8.87. The standard InChI is InChI=1S/C18H25NO5S2/c1-3-13(2)19(15-6-7-26(21,22)11-15)18(20)10-25-9-14-4-5-16-17(8-14)24-12-23-16/h4-5,8,13,15H,3,6-7,9-12H2,1-2H3/t13-,15-/m1/s1. The maximum absolute atomic E-state index is 12.8. The minimum atomic E-state index is -3.01. The minimum absolute atomic E-state index is 0.0205. The van der Waals surface area contributed by atoms with Crippen molar-refractivity contribution < 1.29 is 22.7 Å². The SMILES string of the molecule is CC[C@@H](C)N(C(=O)CSCc1ccc2c(c1)OCO2)[C@@H]1CCS(=O)(=O)C1. The largest absolute Gasteiger partial charge is 0.454 e. The van der Waals surface area contributed by atoms with Gasteiger partial charge in [0.2, 0.25) is 12.7 Å². The first-order chi connectivity index (χ1) is 12.4. The Kier molecular flexibility index (Phi) is 6.02. The lowest BCUT2D eigenvalue weighted by molar-refractivity contribution is -0.132. The minimum Gasteiger partial charge on any atom is -0.454 e. The summed E-state index contributed by atoms with van der Waals surface area (Å²) in [5, 5.41) is 0. The normalized spacial score (nSPS) is 21.5. The van der Waals surface area contributed by atoms with Crippen molar-refractivity contribution in [2.75, 3.05) is 24.1 Å². The first-order valence-corrected chi connectivity index (χ1v) is 11.8. The van der Waals surface area contributed by atoms with Crippen LogP contribution in [-0.2, 0) is 20.4 Å². The molecule has 1 amide bonds. The average molecular weight is 400 g/mol. The Balaban J connectivity index is 1.57. The molecule has 0 radical (unpaired) electrons. The predicted octanol–water partition coefficient (Wildman–Crippen LogP) is 2.46. The molecule has 6 nitrogen and oxygen atoms in total. The molecule has 0 unspecified atom stereocenters. The summed E-state index contributed by atoms with van der Waals surface area (Å²) in [6.07, 6.45) is 1.36. The fraction of sp³-hybridized carbons (Fsp3) is 0.611. The van der Waals surface area contributed by atoms with Crippen molar-refractivity contribution in [3.8, 4) is 11.5 Å². The average Bonchev–Trinajstić information content (AvgIpc) is 3.20. The van der Waals surface area contributed by atoms with E-state index in [2.05, 4.69) is 0 Å². The van der Waals surface area contributed by atoms with Crippen molar-refractivity contribution in [2.24, 2.45) is 0 Å². The zero-order chi connectivity index (χ0) is 18.7. The van der Waals surface area contributed by atoms with Crippen molar-refractivity contribution in [3.63, 3.8) is 0 Å². The van der Waals surface area contributed by atoms with Gasteiger partial charge in [0, 0.05) is 17.8 Å². The van der Waals surface area contributed by atoms with Gasteiger partial charge in [-0.25, -0.2) is 8.42 Å². The van der Waals surface area contributed by atoms with Crippen molar-refractivity contribution in [2.45, 2.75) is 44.5 Å². The second-order valence-corrected chi connectivity index (χ2v) is 10.0. The van der Waals surface area contributed by atoms with Crippen LogP contribution < -0.4 is 9.47 Å². The first kappa shape index (κ1) is 19.4. The van der Waals surface area contributed by atoms with Crippen molar-refractivity contribution in [1.29, 1.82) is 0 Å². The zero-order valence-electron chi connectivity index (χ0n) is 15.1. The van der Waals surface area contributed by atoms with Gasteiger partial charge in [0.15, 0.2) is 21.3 Å². The number of thioether (sulfide) groups is 1. The fourth-order valence-corrected chi connectivity index (χ4v) is 5.91. The number of carbonyl (C=O) groups excluding carboxylic acids is 1. The number of sulfone groups is 1. The highest BCUT2D eigenvalue weighted by Crippen LogP contribution is 2.33. The molecule has 1 saturated heterocycles. The van der Waals surface area contributed by atoms with Crippen LogP contribution in [0.5, 0.6) is 11.5 Å². The second kappa shape index (κ2) is 8.08. The molecule has 26 heavy (non-hydrogen) atoms. The Morgan fingerprint density at radius 1 is 1.35 bits per heavy atom. The summed E-state index contributed by atoms with van der Waals surface area (Å²) in [6.45, 7) is 4.26. The zero-order valence-corrected chi connectivity index (χ0v) is 16.8. The van der Waals surface area contributed by atoms with Crippen LogP contribution in [0.3, 0.4) is 0 Å². The molecule has 8 heteroatoms. The Hall–Kier alpha value is -1.41. The third kappa shape index (κ3) is 4.46. The Bertz CT molecular complexity index is 765. The van der Waals surface area contributed by atoms with E-state index in [4.69, 9.17) is 9.47 Å². The Morgan fingerprint density at radius 3 is 2.81 bits per heavy atom. The van der Waals surface area contributed by atoms with E-state index in [0.717, 1.165) is 23.5 Å². The van der Waals surface area contributed by atoms with Crippen LogP contribution in [0.4, 0.5) is 0 Å². The van der Waals surface area contributed by atoms with E-state index in [0.29, 0.717) is 17.9 Å². The molecule has 2 aliphatic heterocycles. The third-order valence-electron chi connectivity index (χ3n) is 4.89. The van der Waals surface area contributed by atoms with E-state index in [1.54, 1.807) is 4.90 Å². The molecule has 1 aromatic rings. The number of benzene rings is 1. The monoisotopic (exact) mass is 399 g/mol. The number of amides is 1. The summed E-state index contributed by atoms with van der Waals surface area (Å²) < 4.78 is 34.3. The molecule has 0 N–H and O–H groups in total. The van der Waals surface area contributed by atoms with Gasteiger partial charge >= 0.3 is 0 Å². The smallest absolute Gasteiger partial charge is 0.233 e.